The molecule has 1 aliphatic heterocycles. The van der Waals surface area contributed by atoms with Crippen molar-refractivity contribution in [2.24, 2.45) is 0 Å². The lowest BCUT2D eigenvalue weighted by Gasteiger charge is -2.29. The number of aliphatic hydroxyl groups is 1. The average molecular weight is 328 g/mol. The zero-order valence-electron chi connectivity index (χ0n) is 14.8. The van der Waals surface area contributed by atoms with Gasteiger partial charge in [0.2, 0.25) is 0 Å². The van der Waals surface area contributed by atoms with Crippen molar-refractivity contribution in [3.8, 4) is 0 Å². The number of nitrogens with one attached hydrogen (secondary N) is 1. The Morgan fingerprint density at radius 3 is 2.71 bits per heavy atom. The summed E-state index contributed by atoms with van der Waals surface area (Å²) < 4.78 is 1.89. The summed E-state index contributed by atoms with van der Waals surface area (Å²) in [4.78, 5) is 2.48. The molecule has 130 valence electrons. The van der Waals surface area contributed by atoms with Crippen molar-refractivity contribution in [3.63, 3.8) is 0 Å². The molecule has 0 radical (unpaired) electrons. The number of rotatable bonds is 6. The molecule has 0 saturated carbocycles. The summed E-state index contributed by atoms with van der Waals surface area (Å²) in [5.41, 5.74) is 5.82. The maximum absolute atomic E-state index is 9.13. The zero-order valence-corrected chi connectivity index (χ0v) is 14.8. The molecular weight excluding hydrogens is 300 g/mol. The number of aromatic nitrogens is 2. The van der Waals surface area contributed by atoms with Gasteiger partial charge >= 0.3 is 0 Å². The van der Waals surface area contributed by atoms with Gasteiger partial charge in [-0.1, -0.05) is 6.07 Å². The van der Waals surface area contributed by atoms with E-state index in [4.69, 9.17) is 5.11 Å². The summed E-state index contributed by atoms with van der Waals surface area (Å²) in [7, 11) is 0. The van der Waals surface area contributed by atoms with Crippen molar-refractivity contribution in [1.29, 1.82) is 0 Å². The van der Waals surface area contributed by atoms with E-state index in [1.165, 1.54) is 30.5 Å². The fourth-order valence-electron chi connectivity index (χ4n) is 3.46. The number of nitrogens with zero attached hydrogens (tertiary/aromatic N) is 3. The van der Waals surface area contributed by atoms with E-state index in [0.717, 1.165) is 36.7 Å². The quantitative estimate of drug-likeness (QED) is 0.855. The molecule has 1 aromatic carbocycles. The lowest BCUT2D eigenvalue weighted by atomic mass is 10.1. The van der Waals surface area contributed by atoms with E-state index in [0.29, 0.717) is 6.54 Å². The summed E-state index contributed by atoms with van der Waals surface area (Å²) in [6, 6.07) is 8.69. The lowest BCUT2D eigenvalue weighted by Crippen LogP contribution is -2.29. The van der Waals surface area contributed by atoms with Gasteiger partial charge in [0.25, 0.3) is 0 Å². The summed E-state index contributed by atoms with van der Waals surface area (Å²) in [5, 5.41) is 17.2. The summed E-state index contributed by atoms with van der Waals surface area (Å²) in [6.07, 6.45) is 3.94. The van der Waals surface area contributed by atoms with Crippen molar-refractivity contribution in [1.82, 2.24) is 9.78 Å². The largest absolute Gasteiger partial charge is 0.394 e. The Kier molecular flexibility index (Phi) is 5.41. The molecule has 2 N–H and O–H groups in total. The first-order valence-electron chi connectivity index (χ1n) is 8.91. The second-order valence-electron chi connectivity index (χ2n) is 6.55. The third-order valence-electron chi connectivity index (χ3n) is 4.88. The molecule has 1 saturated heterocycles. The highest BCUT2D eigenvalue weighted by Crippen LogP contribution is 2.24. The van der Waals surface area contributed by atoms with Gasteiger partial charge in [-0.2, -0.15) is 5.10 Å². The minimum Gasteiger partial charge on any atom is -0.394 e. The molecule has 0 amide bonds. The van der Waals surface area contributed by atoms with Gasteiger partial charge in [-0.15, -0.1) is 0 Å². The van der Waals surface area contributed by atoms with Gasteiger partial charge < -0.3 is 15.3 Å². The maximum atomic E-state index is 9.13. The molecule has 0 spiro atoms. The second kappa shape index (κ2) is 7.71. The van der Waals surface area contributed by atoms with E-state index in [-0.39, 0.29) is 6.61 Å². The van der Waals surface area contributed by atoms with Crippen molar-refractivity contribution in [2.75, 3.05) is 29.9 Å². The highest BCUT2D eigenvalue weighted by molar-refractivity contribution is 5.58. The number of piperidine rings is 1. The lowest BCUT2D eigenvalue weighted by molar-refractivity contribution is 0.268. The van der Waals surface area contributed by atoms with E-state index >= 15 is 0 Å². The van der Waals surface area contributed by atoms with Crippen molar-refractivity contribution >= 4 is 11.4 Å². The van der Waals surface area contributed by atoms with Gasteiger partial charge in [0, 0.05) is 42.3 Å². The van der Waals surface area contributed by atoms with Crippen LogP contribution < -0.4 is 10.2 Å². The molecule has 0 aliphatic carbocycles. The minimum absolute atomic E-state index is 0.118. The van der Waals surface area contributed by atoms with Gasteiger partial charge in [-0.05, 0) is 51.3 Å². The second-order valence-corrected chi connectivity index (χ2v) is 6.55. The van der Waals surface area contributed by atoms with Crippen LogP contribution in [0.2, 0.25) is 0 Å². The third kappa shape index (κ3) is 3.73. The Morgan fingerprint density at radius 1 is 1.17 bits per heavy atom. The Hall–Kier alpha value is -2.01. The fourth-order valence-corrected chi connectivity index (χ4v) is 3.46. The first kappa shape index (κ1) is 16.8. The Morgan fingerprint density at radius 2 is 1.96 bits per heavy atom. The molecule has 2 heterocycles. The number of hydrogen-bond donors (Lipinski definition) is 2. The molecule has 1 aromatic heterocycles. The number of hydrogen-bond acceptors (Lipinski definition) is 4. The van der Waals surface area contributed by atoms with Gasteiger partial charge in [-0.25, -0.2) is 0 Å². The molecule has 0 atom stereocenters. The minimum atomic E-state index is 0.118. The summed E-state index contributed by atoms with van der Waals surface area (Å²) >= 11 is 0. The molecule has 24 heavy (non-hydrogen) atoms. The van der Waals surface area contributed by atoms with Gasteiger partial charge in [0.1, 0.15) is 0 Å². The highest BCUT2D eigenvalue weighted by atomic mass is 16.3. The van der Waals surface area contributed by atoms with Gasteiger partial charge in [0.05, 0.1) is 18.8 Å². The van der Waals surface area contributed by atoms with Crippen LogP contribution >= 0.6 is 0 Å². The molecule has 2 aromatic rings. The van der Waals surface area contributed by atoms with Crippen LogP contribution in [0.15, 0.2) is 24.3 Å². The SMILES string of the molecule is Cc1nn(CCO)c(C)c1CNc1cccc(N2CCCCC2)c1. The Labute approximate surface area is 144 Å². The maximum Gasteiger partial charge on any atom is 0.0646 e. The van der Waals surface area contributed by atoms with Gasteiger partial charge in [-0.3, -0.25) is 4.68 Å². The predicted molar refractivity (Wildman–Crippen MR) is 98.6 cm³/mol. The number of aryl methyl sites for hydroxylation is 1. The zero-order chi connectivity index (χ0) is 16.9. The average Bonchev–Trinajstić information content (AvgIpc) is 2.88. The topological polar surface area (TPSA) is 53.3 Å². The van der Waals surface area contributed by atoms with Crippen molar-refractivity contribution in [3.05, 3.63) is 41.2 Å². The normalized spacial score (nSPS) is 14.9. The molecular formula is C19H28N4O. The molecule has 5 nitrogen and oxygen atoms in total. The smallest absolute Gasteiger partial charge is 0.0646 e. The van der Waals surface area contributed by atoms with Gasteiger partial charge in [0.15, 0.2) is 0 Å². The Balaban J connectivity index is 1.68. The van der Waals surface area contributed by atoms with E-state index in [1.807, 2.05) is 11.6 Å². The van der Waals surface area contributed by atoms with Crippen LogP contribution in [0.5, 0.6) is 0 Å². The van der Waals surface area contributed by atoms with E-state index in [1.54, 1.807) is 0 Å². The van der Waals surface area contributed by atoms with Crippen LogP contribution in [-0.4, -0.2) is 34.6 Å². The molecule has 3 rings (SSSR count). The van der Waals surface area contributed by atoms with E-state index in [2.05, 4.69) is 46.5 Å². The first-order chi connectivity index (χ1) is 11.7. The van der Waals surface area contributed by atoms with Crippen LogP contribution in [0.3, 0.4) is 0 Å². The predicted octanol–water partition coefficient (Wildman–Crippen LogP) is 3.09. The summed E-state index contributed by atoms with van der Waals surface area (Å²) in [5.74, 6) is 0. The number of anilines is 2. The molecule has 0 bridgehead atoms. The molecule has 1 aliphatic rings. The molecule has 1 fully saturated rings. The highest BCUT2D eigenvalue weighted by Gasteiger charge is 2.13. The fraction of sp³-hybridized carbons (Fsp3) is 0.526. The first-order valence-corrected chi connectivity index (χ1v) is 8.91. The van der Waals surface area contributed by atoms with Crippen molar-refractivity contribution in [2.45, 2.75) is 46.2 Å². The van der Waals surface area contributed by atoms with Crippen LogP contribution in [0.25, 0.3) is 0 Å². The van der Waals surface area contributed by atoms with Crippen molar-refractivity contribution < 1.29 is 5.11 Å². The van der Waals surface area contributed by atoms with Crippen LogP contribution in [0, 0.1) is 13.8 Å². The van der Waals surface area contributed by atoms with Crippen LogP contribution in [-0.2, 0) is 13.1 Å². The van der Waals surface area contributed by atoms with Crippen LogP contribution in [0.1, 0.15) is 36.2 Å². The van der Waals surface area contributed by atoms with E-state index in [9.17, 15) is 0 Å². The molecule has 0 unspecified atom stereocenters. The van der Waals surface area contributed by atoms with Crippen LogP contribution in [0.4, 0.5) is 11.4 Å². The number of benzene rings is 1. The third-order valence-corrected chi connectivity index (χ3v) is 4.88. The molecule has 5 heteroatoms. The summed E-state index contributed by atoms with van der Waals surface area (Å²) in [6.45, 7) is 7.85. The number of aliphatic hydroxyl groups excluding tert-OH is 1. The Bertz CT molecular complexity index is 674. The van der Waals surface area contributed by atoms with E-state index < -0.39 is 0 Å². The monoisotopic (exact) mass is 328 g/mol. The standard InChI is InChI=1S/C19H28N4O/c1-15-19(16(2)23(21-15)11-12-24)14-20-17-7-6-8-18(13-17)22-9-4-3-5-10-22/h6-8,13,20,24H,3-5,9-12,14H2,1-2H3.